The Morgan fingerprint density at radius 2 is 1.17 bits per heavy atom. The van der Waals surface area contributed by atoms with E-state index in [-0.39, 0.29) is 0 Å². The maximum atomic E-state index is 10.9. The summed E-state index contributed by atoms with van der Waals surface area (Å²) in [6, 6.07) is 1.08. The molecule has 2 aliphatic carbocycles. The molecule has 0 spiro atoms. The first-order chi connectivity index (χ1) is 8.72. The molecule has 4 atom stereocenters. The average Bonchev–Trinajstić information content (AvgIpc) is 2.77. The molecule has 2 amide bonds. The molecule has 4 fully saturated rings. The average molecular weight is 250 g/mol. The number of carbonyl (C=O) groups excluding carboxylic acids is 2. The van der Waals surface area contributed by atoms with E-state index in [1.165, 1.54) is 25.7 Å². The van der Waals surface area contributed by atoms with E-state index in [9.17, 15) is 9.59 Å². The fourth-order valence-electron chi connectivity index (χ4n) is 3.76. The highest BCUT2D eigenvalue weighted by Gasteiger charge is 2.35. The minimum atomic E-state index is 0.303. The molecule has 2 N–H and O–H groups in total. The lowest BCUT2D eigenvalue weighted by Crippen LogP contribution is -2.24. The summed E-state index contributed by atoms with van der Waals surface area (Å²) in [6.07, 6.45) is 9.38. The van der Waals surface area contributed by atoms with Crippen molar-refractivity contribution >= 4 is 11.8 Å². The molecule has 0 aromatic rings. The van der Waals surface area contributed by atoms with E-state index in [4.69, 9.17) is 0 Å². The number of hydrogen-bond donors (Lipinski definition) is 2. The summed E-state index contributed by atoms with van der Waals surface area (Å²) in [5.41, 5.74) is 0. The smallest absolute Gasteiger partial charge is 0.223 e. The van der Waals surface area contributed by atoms with Gasteiger partial charge in [-0.15, -0.1) is 0 Å². The zero-order valence-electron chi connectivity index (χ0n) is 10.8. The molecule has 2 heterocycles. The summed E-state index contributed by atoms with van der Waals surface area (Å²) < 4.78 is 0. The number of hydrogen-bond acceptors (Lipinski definition) is 2. The van der Waals surface area contributed by atoms with Gasteiger partial charge in [-0.25, -0.2) is 0 Å². The lowest BCUT2D eigenvalue weighted by atomic mass is 9.90. The molecule has 2 aliphatic heterocycles. The van der Waals surface area contributed by atoms with Gasteiger partial charge in [-0.1, -0.05) is 12.8 Å². The summed E-state index contributed by atoms with van der Waals surface area (Å²) in [5, 5.41) is 5.95. The first-order valence-corrected chi connectivity index (χ1v) is 7.33. The maximum Gasteiger partial charge on any atom is 0.223 e. The van der Waals surface area contributed by atoms with Gasteiger partial charge in [0.25, 0.3) is 0 Å². The quantitative estimate of drug-likeness (QED) is 0.682. The summed E-state index contributed by atoms with van der Waals surface area (Å²) in [5.74, 6) is 1.36. The predicted molar refractivity (Wildman–Crippen MR) is 67.8 cm³/mol. The Hall–Kier alpha value is -1.06. The second-order valence-corrected chi connectivity index (χ2v) is 6.14. The van der Waals surface area contributed by atoms with Crippen molar-refractivity contribution in [1.82, 2.24) is 10.6 Å². The minimum Gasteiger partial charge on any atom is -0.353 e. The summed E-state index contributed by atoms with van der Waals surface area (Å²) in [6.45, 7) is 0. The fourth-order valence-corrected chi connectivity index (χ4v) is 3.76. The fraction of sp³-hybridized carbons (Fsp3) is 0.857. The van der Waals surface area contributed by atoms with Gasteiger partial charge in [0.15, 0.2) is 0 Å². The Bertz CT molecular complexity index is 322. The largest absolute Gasteiger partial charge is 0.353 e. The van der Waals surface area contributed by atoms with Crippen LogP contribution in [0.2, 0.25) is 0 Å². The predicted octanol–water partition coefficient (Wildman–Crippen LogP) is 1.35. The molecule has 4 bridgehead atoms. The molecule has 0 radical (unpaired) electrons. The number of fused-ring (bicyclic) bond motifs is 4. The van der Waals surface area contributed by atoms with E-state index in [0.717, 1.165) is 25.7 Å². The van der Waals surface area contributed by atoms with Crippen LogP contribution in [0.5, 0.6) is 0 Å². The molecule has 2 saturated carbocycles. The lowest BCUT2D eigenvalue weighted by Gasteiger charge is -2.14. The van der Waals surface area contributed by atoms with Crippen molar-refractivity contribution in [2.75, 3.05) is 0 Å². The van der Waals surface area contributed by atoms with E-state index < -0.39 is 0 Å². The van der Waals surface area contributed by atoms with E-state index in [0.29, 0.717) is 35.7 Å². The molecule has 0 aromatic carbocycles. The van der Waals surface area contributed by atoms with Crippen molar-refractivity contribution in [2.45, 2.75) is 63.5 Å². The molecule has 4 heteroatoms. The second kappa shape index (κ2) is 4.90. The SMILES string of the molecule is O=C1N[C@@H]2CCC[C@H]1C2.O=C1N[C@H]2CCC[C@@H]1C2. The monoisotopic (exact) mass is 250 g/mol. The third kappa shape index (κ3) is 2.38. The molecular weight excluding hydrogens is 228 g/mol. The molecule has 0 unspecified atom stereocenters. The highest BCUT2D eigenvalue weighted by atomic mass is 16.2. The van der Waals surface area contributed by atoms with Gasteiger partial charge in [0.05, 0.1) is 0 Å². The molecule has 0 aromatic heterocycles. The third-order valence-corrected chi connectivity index (χ3v) is 4.78. The summed E-state index contributed by atoms with van der Waals surface area (Å²) in [7, 11) is 0. The first-order valence-electron chi connectivity index (χ1n) is 7.33. The van der Waals surface area contributed by atoms with Crippen molar-refractivity contribution in [3.8, 4) is 0 Å². The zero-order chi connectivity index (χ0) is 12.5. The number of amides is 2. The van der Waals surface area contributed by atoms with Crippen molar-refractivity contribution in [3.63, 3.8) is 0 Å². The van der Waals surface area contributed by atoms with Crippen LogP contribution in [0.15, 0.2) is 0 Å². The van der Waals surface area contributed by atoms with Crippen molar-refractivity contribution in [1.29, 1.82) is 0 Å². The Morgan fingerprint density at radius 1 is 0.722 bits per heavy atom. The van der Waals surface area contributed by atoms with Crippen LogP contribution in [0.3, 0.4) is 0 Å². The number of carbonyl (C=O) groups is 2. The topological polar surface area (TPSA) is 58.2 Å². The van der Waals surface area contributed by atoms with Gasteiger partial charge in [0.2, 0.25) is 11.8 Å². The van der Waals surface area contributed by atoms with Crippen molar-refractivity contribution < 1.29 is 9.59 Å². The molecule has 2 saturated heterocycles. The van der Waals surface area contributed by atoms with Crippen LogP contribution in [0.25, 0.3) is 0 Å². The van der Waals surface area contributed by atoms with Crippen LogP contribution >= 0.6 is 0 Å². The molecule has 4 nitrogen and oxygen atoms in total. The van der Waals surface area contributed by atoms with Gasteiger partial charge in [0.1, 0.15) is 0 Å². The Morgan fingerprint density at radius 3 is 1.50 bits per heavy atom. The van der Waals surface area contributed by atoms with Crippen LogP contribution in [-0.4, -0.2) is 23.9 Å². The minimum absolute atomic E-state index is 0.303. The van der Waals surface area contributed by atoms with E-state index in [2.05, 4.69) is 10.6 Å². The normalized spacial score (nSPS) is 40.7. The highest BCUT2D eigenvalue weighted by molar-refractivity contribution is 5.81. The Kier molecular flexibility index (Phi) is 3.27. The van der Waals surface area contributed by atoms with Gasteiger partial charge in [0, 0.05) is 23.9 Å². The maximum absolute atomic E-state index is 10.9. The van der Waals surface area contributed by atoms with Gasteiger partial charge >= 0.3 is 0 Å². The molecule has 4 aliphatic rings. The summed E-state index contributed by atoms with van der Waals surface area (Å²) in [4.78, 5) is 21.9. The van der Waals surface area contributed by atoms with Gasteiger partial charge < -0.3 is 10.6 Å². The van der Waals surface area contributed by atoms with E-state index in [1.54, 1.807) is 0 Å². The molecule has 100 valence electrons. The highest BCUT2D eigenvalue weighted by Crippen LogP contribution is 2.30. The third-order valence-electron chi connectivity index (χ3n) is 4.78. The van der Waals surface area contributed by atoms with Crippen LogP contribution in [0.4, 0.5) is 0 Å². The summed E-state index contributed by atoms with van der Waals surface area (Å²) >= 11 is 0. The van der Waals surface area contributed by atoms with Gasteiger partial charge in [-0.3, -0.25) is 9.59 Å². The number of rotatable bonds is 0. The van der Waals surface area contributed by atoms with Crippen molar-refractivity contribution in [2.24, 2.45) is 11.8 Å². The molecule has 4 rings (SSSR count). The van der Waals surface area contributed by atoms with Crippen LogP contribution < -0.4 is 10.6 Å². The Balaban J connectivity index is 0.000000111. The van der Waals surface area contributed by atoms with E-state index >= 15 is 0 Å². The van der Waals surface area contributed by atoms with Crippen LogP contribution in [0, 0.1) is 11.8 Å². The number of nitrogens with one attached hydrogen (secondary N) is 2. The standard InChI is InChI=1S/2C7H11NO/c2*9-7-5-2-1-3-6(4-5)8-7/h2*5-6H,1-4H2,(H,8,9)/t2*5-,6+/m10/s1. The lowest BCUT2D eigenvalue weighted by molar-refractivity contribution is -0.123. The van der Waals surface area contributed by atoms with Crippen LogP contribution in [-0.2, 0) is 9.59 Å². The molecule has 18 heavy (non-hydrogen) atoms. The second-order valence-electron chi connectivity index (χ2n) is 6.14. The molecular formula is C14H22N2O2. The van der Waals surface area contributed by atoms with Crippen LogP contribution in [0.1, 0.15) is 51.4 Å². The van der Waals surface area contributed by atoms with E-state index in [1.807, 2.05) is 0 Å². The Labute approximate surface area is 108 Å². The zero-order valence-corrected chi connectivity index (χ0v) is 10.8. The van der Waals surface area contributed by atoms with Gasteiger partial charge in [-0.2, -0.15) is 0 Å². The van der Waals surface area contributed by atoms with Gasteiger partial charge in [-0.05, 0) is 38.5 Å². The van der Waals surface area contributed by atoms with Crippen molar-refractivity contribution in [3.05, 3.63) is 0 Å². The first kappa shape index (κ1) is 12.0.